The molecule has 0 aromatic carbocycles. The Morgan fingerprint density at radius 1 is 1.32 bits per heavy atom. The number of allylic oxidation sites excluding steroid dienone is 1. The van der Waals surface area contributed by atoms with Crippen LogP contribution in [0.1, 0.15) is 19.8 Å². The number of aromatic nitrogens is 4. The minimum absolute atomic E-state index is 0.189. The van der Waals surface area contributed by atoms with Crippen molar-refractivity contribution in [2.24, 2.45) is 14.1 Å². The fraction of sp³-hybridized carbons (Fsp3) is 0.533. The molecular weight excluding hydrogens is 341 g/mol. The molecule has 0 bridgehead atoms. The SMILES string of the molecule is C=C(CCC(C)(O)C(F)(F)F)Cn1c(=O)c2c(ncn2C)n(C)c1=O. The van der Waals surface area contributed by atoms with Crippen LogP contribution in [0.2, 0.25) is 0 Å². The van der Waals surface area contributed by atoms with Crippen LogP contribution in [0.25, 0.3) is 11.2 Å². The molecule has 10 heteroatoms. The van der Waals surface area contributed by atoms with E-state index in [0.717, 1.165) is 4.57 Å². The Kier molecular flexibility index (Phi) is 4.69. The summed E-state index contributed by atoms with van der Waals surface area (Å²) >= 11 is 0. The number of aryl methyl sites for hydroxylation is 2. The standard InChI is InChI=1S/C15H19F3N4O3/c1-9(5-6-14(2,25)15(16,17)18)7-22-12(23)10-11(19-8-20(10)3)21(4)13(22)24/h8,25H,1,5-7H2,2-4H3. The highest BCUT2D eigenvalue weighted by molar-refractivity contribution is 5.69. The third kappa shape index (κ3) is 3.39. The van der Waals surface area contributed by atoms with Gasteiger partial charge in [-0.05, 0) is 19.8 Å². The second-order valence-corrected chi connectivity index (χ2v) is 6.28. The molecule has 2 rings (SSSR count). The van der Waals surface area contributed by atoms with Crippen LogP contribution in [0.4, 0.5) is 13.2 Å². The molecule has 0 amide bonds. The third-order valence-electron chi connectivity index (χ3n) is 4.16. The van der Waals surface area contributed by atoms with Gasteiger partial charge in [-0.2, -0.15) is 13.2 Å². The van der Waals surface area contributed by atoms with E-state index in [0.29, 0.717) is 6.92 Å². The average Bonchev–Trinajstić information content (AvgIpc) is 2.88. The molecule has 0 saturated heterocycles. The minimum atomic E-state index is -4.77. The van der Waals surface area contributed by atoms with Gasteiger partial charge in [0, 0.05) is 14.1 Å². The van der Waals surface area contributed by atoms with Gasteiger partial charge in [0.05, 0.1) is 12.9 Å². The first-order valence-electron chi connectivity index (χ1n) is 7.43. The van der Waals surface area contributed by atoms with Crippen LogP contribution in [0.15, 0.2) is 28.1 Å². The Balaban J connectivity index is 2.29. The van der Waals surface area contributed by atoms with E-state index >= 15 is 0 Å². The molecule has 1 N–H and O–H groups in total. The summed E-state index contributed by atoms with van der Waals surface area (Å²) in [5.41, 5.74) is -3.44. The Morgan fingerprint density at radius 3 is 2.48 bits per heavy atom. The maximum Gasteiger partial charge on any atom is 0.416 e. The predicted octanol–water partition coefficient (Wildman–Crippen LogP) is 1.08. The molecule has 2 aromatic heterocycles. The van der Waals surface area contributed by atoms with E-state index in [-0.39, 0.29) is 29.7 Å². The molecule has 25 heavy (non-hydrogen) atoms. The van der Waals surface area contributed by atoms with E-state index < -0.39 is 29.4 Å². The summed E-state index contributed by atoms with van der Waals surface area (Å²) in [4.78, 5) is 28.8. The van der Waals surface area contributed by atoms with Gasteiger partial charge in [-0.3, -0.25) is 13.9 Å². The van der Waals surface area contributed by atoms with Crippen molar-refractivity contribution in [3.05, 3.63) is 39.3 Å². The van der Waals surface area contributed by atoms with Gasteiger partial charge in [0.25, 0.3) is 5.56 Å². The Bertz CT molecular complexity index is 934. The molecule has 0 fully saturated rings. The van der Waals surface area contributed by atoms with Gasteiger partial charge in [0.2, 0.25) is 0 Å². The van der Waals surface area contributed by atoms with Crippen molar-refractivity contribution in [2.45, 2.75) is 38.1 Å². The largest absolute Gasteiger partial charge is 0.416 e. The summed E-state index contributed by atoms with van der Waals surface area (Å²) < 4.78 is 41.6. The summed E-state index contributed by atoms with van der Waals surface area (Å²) in [6.45, 7) is 4.07. The van der Waals surface area contributed by atoms with Gasteiger partial charge >= 0.3 is 11.9 Å². The Hall–Kier alpha value is -2.36. The lowest BCUT2D eigenvalue weighted by Crippen LogP contribution is -2.42. The van der Waals surface area contributed by atoms with Gasteiger partial charge in [-0.25, -0.2) is 9.78 Å². The van der Waals surface area contributed by atoms with Crippen LogP contribution in [0, 0.1) is 0 Å². The van der Waals surface area contributed by atoms with Crippen LogP contribution in [-0.2, 0) is 20.6 Å². The van der Waals surface area contributed by atoms with Gasteiger partial charge in [-0.15, -0.1) is 0 Å². The van der Waals surface area contributed by atoms with Gasteiger partial charge in [-0.1, -0.05) is 12.2 Å². The first-order valence-corrected chi connectivity index (χ1v) is 7.43. The molecule has 0 saturated carbocycles. The number of halogens is 3. The van der Waals surface area contributed by atoms with Gasteiger partial charge < -0.3 is 9.67 Å². The molecule has 0 radical (unpaired) electrons. The number of aliphatic hydroxyl groups is 1. The molecule has 0 aliphatic carbocycles. The second kappa shape index (κ2) is 6.17. The Labute approximate surface area is 140 Å². The molecule has 0 aliphatic rings. The van der Waals surface area contributed by atoms with Crippen molar-refractivity contribution in [1.29, 1.82) is 0 Å². The van der Waals surface area contributed by atoms with Crippen molar-refractivity contribution >= 4 is 11.2 Å². The van der Waals surface area contributed by atoms with Crippen LogP contribution in [0.3, 0.4) is 0 Å². The van der Waals surface area contributed by atoms with Crippen LogP contribution in [-0.4, -0.2) is 35.6 Å². The van der Waals surface area contributed by atoms with Gasteiger partial charge in [0.1, 0.15) is 0 Å². The molecular formula is C15H19F3N4O3. The molecule has 2 heterocycles. The van der Waals surface area contributed by atoms with Crippen molar-refractivity contribution in [1.82, 2.24) is 18.7 Å². The van der Waals surface area contributed by atoms with Crippen LogP contribution in [0.5, 0.6) is 0 Å². The van der Waals surface area contributed by atoms with Crippen LogP contribution < -0.4 is 11.2 Å². The quantitative estimate of drug-likeness (QED) is 0.809. The lowest BCUT2D eigenvalue weighted by Gasteiger charge is -2.26. The zero-order chi connectivity index (χ0) is 19.2. The summed E-state index contributed by atoms with van der Waals surface area (Å²) in [6, 6.07) is 0. The first-order chi connectivity index (χ1) is 11.4. The average molecular weight is 360 g/mol. The molecule has 1 unspecified atom stereocenters. The number of nitrogens with zero attached hydrogens (tertiary/aromatic N) is 4. The fourth-order valence-electron chi connectivity index (χ4n) is 2.40. The number of hydrogen-bond acceptors (Lipinski definition) is 4. The first kappa shape index (κ1) is 19.0. The van der Waals surface area contributed by atoms with Crippen molar-refractivity contribution in [2.75, 3.05) is 0 Å². The Morgan fingerprint density at radius 2 is 1.92 bits per heavy atom. The third-order valence-corrected chi connectivity index (χ3v) is 4.16. The summed E-state index contributed by atoms with van der Waals surface area (Å²) in [5.74, 6) is 0. The summed E-state index contributed by atoms with van der Waals surface area (Å²) in [7, 11) is 3.05. The highest BCUT2D eigenvalue weighted by Gasteiger charge is 2.49. The zero-order valence-corrected chi connectivity index (χ0v) is 14.1. The van der Waals surface area contributed by atoms with Gasteiger partial charge in [0.15, 0.2) is 16.8 Å². The number of imidazole rings is 1. The van der Waals surface area contributed by atoms with E-state index in [2.05, 4.69) is 11.6 Å². The van der Waals surface area contributed by atoms with E-state index in [4.69, 9.17) is 0 Å². The van der Waals surface area contributed by atoms with Crippen molar-refractivity contribution < 1.29 is 18.3 Å². The monoisotopic (exact) mass is 360 g/mol. The summed E-state index contributed by atoms with van der Waals surface area (Å²) in [5, 5.41) is 9.46. The summed E-state index contributed by atoms with van der Waals surface area (Å²) in [6.07, 6.45) is -4.18. The fourth-order valence-corrected chi connectivity index (χ4v) is 2.40. The predicted molar refractivity (Wildman–Crippen MR) is 85.3 cm³/mol. The molecule has 0 spiro atoms. The van der Waals surface area contributed by atoms with E-state index in [1.165, 1.54) is 22.5 Å². The number of hydrogen-bond donors (Lipinski definition) is 1. The maximum absolute atomic E-state index is 12.7. The topological polar surface area (TPSA) is 82.1 Å². The second-order valence-electron chi connectivity index (χ2n) is 6.28. The van der Waals surface area contributed by atoms with Crippen molar-refractivity contribution in [3.63, 3.8) is 0 Å². The lowest BCUT2D eigenvalue weighted by molar-refractivity contribution is -0.254. The number of alkyl halides is 3. The lowest BCUT2D eigenvalue weighted by atomic mass is 9.97. The van der Waals surface area contributed by atoms with Crippen molar-refractivity contribution in [3.8, 4) is 0 Å². The van der Waals surface area contributed by atoms with E-state index in [1.807, 2.05) is 0 Å². The highest BCUT2D eigenvalue weighted by atomic mass is 19.4. The molecule has 7 nitrogen and oxygen atoms in total. The number of fused-ring (bicyclic) bond motifs is 1. The van der Waals surface area contributed by atoms with E-state index in [1.54, 1.807) is 7.05 Å². The van der Waals surface area contributed by atoms with E-state index in [9.17, 15) is 27.9 Å². The highest BCUT2D eigenvalue weighted by Crippen LogP contribution is 2.34. The normalized spacial score (nSPS) is 14.7. The molecule has 1 atom stereocenters. The minimum Gasteiger partial charge on any atom is -0.381 e. The number of rotatable bonds is 5. The molecule has 138 valence electrons. The maximum atomic E-state index is 12.7. The smallest absolute Gasteiger partial charge is 0.381 e. The molecule has 0 aliphatic heterocycles. The van der Waals surface area contributed by atoms with Crippen LogP contribution >= 0.6 is 0 Å². The zero-order valence-electron chi connectivity index (χ0n) is 14.1. The molecule has 2 aromatic rings.